The van der Waals surface area contributed by atoms with Gasteiger partial charge in [-0.2, -0.15) is 5.10 Å². The molecule has 0 saturated carbocycles. The Hall–Kier alpha value is -2.65. The van der Waals surface area contributed by atoms with Crippen LogP contribution in [0.4, 0.5) is 0 Å². The lowest BCUT2D eigenvalue weighted by molar-refractivity contribution is 0.0955. The van der Waals surface area contributed by atoms with E-state index < -0.39 is 0 Å². The molecular weight excluding hydrogens is 420 g/mol. The van der Waals surface area contributed by atoms with Gasteiger partial charge in [-0.15, -0.1) is 0 Å². The average molecular weight is 435 g/mol. The van der Waals surface area contributed by atoms with Crippen LogP contribution in [0.15, 0.2) is 39.9 Å². The highest BCUT2D eigenvalue weighted by Gasteiger charge is 2.11. The van der Waals surface area contributed by atoms with Crippen molar-refractivity contribution in [3.63, 3.8) is 0 Å². The Morgan fingerprint density at radius 2 is 1.96 bits per heavy atom. The van der Waals surface area contributed by atoms with Gasteiger partial charge in [-0.25, -0.2) is 5.43 Å². The van der Waals surface area contributed by atoms with Crippen molar-refractivity contribution in [2.45, 2.75) is 0 Å². The number of rotatable bonds is 5. The van der Waals surface area contributed by atoms with Crippen LogP contribution in [0.5, 0.6) is 11.5 Å². The topological polar surface area (TPSA) is 91.5 Å². The summed E-state index contributed by atoms with van der Waals surface area (Å²) in [7, 11) is 3.09. The number of fused-ring (bicyclic) bond motifs is 1. The lowest BCUT2D eigenvalue weighted by atomic mass is 10.2. The molecule has 7 nitrogen and oxygen atoms in total. The van der Waals surface area contributed by atoms with Crippen LogP contribution in [0.3, 0.4) is 0 Å². The molecule has 3 rings (SSSR count). The van der Waals surface area contributed by atoms with Crippen LogP contribution in [0, 0.1) is 4.77 Å². The number of aromatic nitrogens is 2. The van der Waals surface area contributed by atoms with Gasteiger partial charge < -0.3 is 19.4 Å². The van der Waals surface area contributed by atoms with Crippen LogP contribution in [0.2, 0.25) is 0 Å². The van der Waals surface area contributed by atoms with E-state index in [0.29, 0.717) is 27.4 Å². The molecule has 134 valence electrons. The largest absolute Gasteiger partial charge is 0.493 e. The van der Waals surface area contributed by atoms with Gasteiger partial charge in [0.2, 0.25) is 0 Å². The number of carbonyl (C=O) groups excluding carboxylic acids is 1. The first-order valence-electron chi connectivity index (χ1n) is 7.49. The molecule has 0 radical (unpaired) electrons. The third kappa shape index (κ3) is 3.78. The molecule has 3 N–H and O–H groups in total. The van der Waals surface area contributed by atoms with Crippen molar-refractivity contribution in [1.29, 1.82) is 0 Å². The van der Waals surface area contributed by atoms with Crippen LogP contribution in [0.1, 0.15) is 15.9 Å². The second-order valence-electron chi connectivity index (χ2n) is 5.27. The Labute approximate surface area is 162 Å². The number of nitrogens with one attached hydrogen (secondary N) is 3. The molecule has 2 aromatic carbocycles. The van der Waals surface area contributed by atoms with Crippen molar-refractivity contribution in [3.8, 4) is 11.5 Å². The van der Waals surface area contributed by atoms with E-state index in [1.165, 1.54) is 13.3 Å². The van der Waals surface area contributed by atoms with E-state index in [9.17, 15) is 4.79 Å². The highest BCUT2D eigenvalue weighted by molar-refractivity contribution is 9.10. The number of methoxy groups -OCH3 is 2. The smallest absolute Gasteiger partial charge is 0.271 e. The third-order valence-corrected chi connectivity index (χ3v) is 4.28. The maximum atomic E-state index is 12.3. The predicted molar refractivity (Wildman–Crippen MR) is 106 cm³/mol. The molecule has 9 heteroatoms. The summed E-state index contributed by atoms with van der Waals surface area (Å²) in [5.74, 6) is 0.738. The minimum Gasteiger partial charge on any atom is -0.493 e. The van der Waals surface area contributed by atoms with Crippen LogP contribution >= 0.6 is 28.1 Å². The zero-order valence-electron chi connectivity index (χ0n) is 13.9. The molecule has 0 bridgehead atoms. The number of H-pyrrole nitrogens is 2. The fraction of sp³-hybridized carbons (Fsp3) is 0.118. The Bertz CT molecular complexity index is 1060. The van der Waals surface area contributed by atoms with Gasteiger partial charge in [0.1, 0.15) is 0 Å². The van der Waals surface area contributed by atoms with Gasteiger partial charge in [-0.3, -0.25) is 4.79 Å². The Kier molecular flexibility index (Phi) is 5.38. The quantitative estimate of drug-likeness (QED) is 0.323. The summed E-state index contributed by atoms with van der Waals surface area (Å²) in [6.07, 6.45) is 1.49. The molecule has 0 fully saturated rings. The van der Waals surface area contributed by atoms with E-state index in [-0.39, 0.29) is 5.91 Å². The summed E-state index contributed by atoms with van der Waals surface area (Å²) < 4.78 is 11.9. The molecular formula is C17H15BrN4O3S. The molecule has 0 aliphatic heterocycles. The molecule has 0 aliphatic rings. The van der Waals surface area contributed by atoms with Crippen molar-refractivity contribution in [2.75, 3.05) is 14.2 Å². The molecule has 26 heavy (non-hydrogen) atoms. The average Bonchev–Trinajstić information content (AvgIpc) is 3.00. The molecule has 1 aromatic heterocycles. The number of hydrazone groups is 1. The van der Waals surface area contributed by atoms with Crippen molar-refractivity contribution >= 4 is 51.3 Å². The van der Waals surface area contributed by atoms with Crippen molar-refractivity contribution in [3.05, 3.63) is 50.7 Å². The summed E-state index contributed by atoms with van der Waals surface area (Å²) in [5.41, 5.74) is 5.20. The number of halogens is 1. The van der Waals surface area contributed by atoms with Gasteiger partial charge in [0.05, 0.1) is 31.5 Å². The van der Waals surface area contributed by atoms with Gasteiger partial charge in [-0.05, 0) is 42.5 Å². The normalized spacial score (nSPS) is 11.0. The van der Waals surface area contributed by atoms with E-state index in [2.05, 4.69) is 36.4 Å². The summed E-state index contributed by atoms with van der Waals surface area (Å²) in [4.78, 5) is 18.3. The second-order valence-corrected chi connectivity index (χ2v) is 6.59. The van der Waals surface area contributed by atoms with Gasteiger partial charge in [0.15, 0.2) is 16.3 Å². The molecule has 0 aliphatic carbocycles. The van der Waals surface area contributed by atoms with Crippen molar-refractivity contribution in [1.82, 2.24) is 15.4 Å². The molecule has 1 amide bonds. The van der Waals surface area contributed by atoms with Gasteiger partial charge in [-0.1, -0.05) is 15.9 Å². The number of hydrogen-bond acceptors (Lipinski definition) is 5. The van der Waals surface area contributed by atoms with E-state index in [1.54, 1.807) is 31.4 Å². The zero-order chi connectivity index (χ0) is 18.7. The fourth-order valence-corrected chi connectivity index (χ4v) is 3.13. The lowest BCUT2D eigenvalue weighted by Gasteiger charge is -2.10. The minimum atomic E-state index is -0.343. The number of nitrogens with zero attached hydrogens (tertiary/aromatic N) is 1. The lowest BCUT2D eigenvalue weighted by Crippen LogP contribution is -2.17. The number of carbonyl (C=O) groups is 1. The first-order chi connectivity index (χ1) is 12.5. The van der Waals surface area contributed by atoms with Gasteiger partial charge in [0, 0.05) is 15.6 Å². The van der Waals surface area contributed by atoms with E-state index in [4.69, 9.17) is 21.7 Å². The van der Waals surface area contributed by atoms with E-state index in [0.717, 1.165) is 15.5 Å². The summed E-state index contributed by atoms with van der Waals surface area (Å²) in [5, 5.41) is 4.01. The Morgan fingerprint density at radius 1 is 1.19 bits per heavy atom. The summed E-state index contributed by atoms with van der Waals surface area (Å²) >= 11 is 8.44. The highest BCUT2D eigenvalue weighted by atomic mass is 79.9. The second kappa shape index (κ2) is 7.71. The predicted octanol–water partition coefficient (Wildman–Crippen LogP) is 3.77. The molecule has 0 atom stereocenters. The standard InChI is InChI=1S/C17H15BrN4O3S/c1-24-14-7-11(18)5-10(15(14)25-2)8-19-22-16(23)9-3-4-12-13(6-9)21-17(26)20-12/h3-8H,1-2H3,(H,22,23)(H2,20,21,26)/b19-8-. The van der Waals surface area contributed by atoms with Crippen LogP contribution < -0.4 is 14.9 Å². The number of amides is 1. The monoisotopic (exact) mass is 434 g/mol. The van der Waals surface area contributed by atoms with E-state index >= 15 is 0 Å². The fourth-order valence-electron chi connectivity index (χ4n) is 2.45. The Morgan fingerprint density at radius 3 is 2.69 bits per heavy atom. The number of benzene rings is 2. The number of hydrogen-bond donors (Lipinski definition) is 3. The Balaban J connectivity index is 1.80. The maximum Gasteiger partial charge on any atom is 0.271 e. The molecule has 3 aromatic rings. The van der Waals surface area contributed by atoms with Gasteiger partial charge in [0.25, 0.3) is 5.91 Å². The van der Waals surface area contributed by atoms with Crippen LogP contribution in [-0.2, 0) is 0 Å². The third-order valence-electron chi connectivity index (χ3n) is 3.62. The number of ether oxygens (including phenoxy) is 2. The SMILES string of the molecule is COc1cc(Br)cc(/C=N\NC(=O)c2ccc3[nH]c(=S)[nH]c3c2)c1OC. The van der Waals surface area contributed by atoms with E-state index in [1.807, 2.05) is 6.07 Å². The van der Waals surface area contributed by atoms with Crippen LogP contribution in [0.25, 0.3) is 11.0 Å². The first-order valence-corrected chi connectivity index (χ1v) is 8.69. The van der Waals surface area contributed by atoms with Crippen molar-refractivity contribution in [2.24, 2.45) is 5.10 Å². The zero-order valence-corrected chi connectivity index (χ0v) is 16.3. The minimum absolute atomic E-state index is 0.343. The first kappa shape index (κ1) is 18.2. The number of aromatic amines is 2. The molecule has 0 saturated heterocycles. The summed E-state index contributed by atoms with van der Waals surface area (Å²) in [6, 6.07) is 8.76. The highest BCUT2D eigenvalue weighted by Crippen LogP contribution is 2.33. The maximum absolute atomic E-state index is 12.3. The molecule has 1 heterocycles. The van der Waals surface area contributed by atoms with Crippen LogP contribution in [-0.4, -0.2) is 36.3 Å². The molecule has 0 unspecified atom stereocenters. The number of imidazole rings is 1. The summed E-state index contributed by atoms with van der Waals surface area (Å²) in [6.45, 7) is 0. The van der Waals surface area contributed by atoms with Crippen molar-refractivity contribution < 1.29 is 14.3 Å². The molecule has 0 spiro atoms. The van der Waals surface area contributed by atoms with Gasteiger partial charge >= 0.3 is 0 Å².